The zero-order valence-corrected chi connectivity index (χ0v) is 8.64. The molecule has 8 radical (unpaired) electrons. The lowest BCUT2D eigenvalue weighted by Crippen LogP contribution is -1.87. The van der Waals surface area contributed by atoms with Gasteiger partial charge in [-0.15, -0.1) is 0 Å². The standard InChI is InChI=1S/C8H18Si.2N/c1-3-5-7-9-8-6-4-2;;/h3-8H2,1-2H3;;. The van der Waals surface area contributed by atoms with Crippen molar-refractivity contribution >= 4 is 9.52 Å². The number of rotatable bonds is 6. The Kier molecular flexibility index (Phi) is 26.1. The van der Waals surface area contributed by atoms with E-state index in [1.807, 2.05) is 0 Å². The molecule has 0 aromatic heterocycles. The highest BCUT2D eigenvalue weighted by molar-refractivity contribution is 6.35. The van der Waals surface area contributed by atoms with Crippen LogP contribution in [0.2, 0.25) is 12.1 Å². The van der Waals surface area contributed by atoms with Crippen molar-refractivity contribution in [3.05, 3.63) is 0 Å². The maximum absolute atomic E-state index is 2.27. The van der Waals surface area contributed by atoms with Gasteiger partial charge >= 0.3 is 0 Å². The van der Waals surface area contributed by atoms with E-state index in [-0.39, 0.29) is 12.3 Å². The molecule has 0 rings (SSSR count). The summed E-state index contributed by atoms with van der Waals surface area (Å²) in [6.07, 6.45) is 5.64. The monoisotopic (exact) mass is 170 g/mol. The molecule has 0 N–H and O–H groups in total. The summed E-state index contributed by atoms with van der Waals surface area (Å²) < 4.78 is 0. The second kappa shape index (κ2) is 16.6. The summed E-state index contributed by atoms with van der Waals surface area (Å²) in [7, 11) is 1.25. The van der Waals surface area contributed by atoms with Crippen LogP contribution in [0.5, 0.6) is 0 Å². The Hall–Kier alpha value is 0.137. The number of unbranched alkanes of at least 4 members (excludes halogenated alkanes) is 2. The van der Waals surface area contributed by atoms with Crippen molar-refractivity contribution in [2.75, 3.05) is 0 Å². The minimum Gasteiger partial charge on any atom is -0.0654 e. The maximum Gasteiger partial charge on any atom is 0.0377 e. The van der Waals surface area contributed by atoms with E-state index in [0.717, 1.165) is 0 Å². The van der Waals surface area contributed by atoms with Gasteiger partial charge in [-0.25, -0.2) is 0 Å². The van der Waals surface area contributed by atoms with Gasteiger partial charge in [0.15, 0.2) is 0 Å². The zero-order valence-electron chi connectivity index (χ0n) is 7.64. The third kappa shape index (κ3) is 17.8. The molecule has 0 aromatic carbocycles. The molecular weight excluding hydrogens is 152 g/mol. The van der Waals surface area contributed by atoms with Crippen LogP contribution < -0.4 is 12.3 Å². The summed E-state index contributed by atoms with van der Waals surface area (Å²) in [6, 6.07) is 2.97. The Morgan fingerprint density at radius 2 is 1.18 bits per heavy atom. The normalized spacial score (nSPS) is 8.18. The molecule has 0 aliphatic carbocycles. The smallest absolute Gasteiger partial charge is 0.0377 e. The molecule has 0 saturated heterocycles. The van der Waals surface area contributed by atoms with Gasteiger partial charge in [0.05, 0.1) is 0 Å². The van der Waals surface area contributed by atoms with Gasteiger partial charge in [0, 0.05) is 21.8 Å². The molecule has 0 spiro atoms. The lowest BCUT2D eigenvalue weighted by Gasteiger charge is -1.94. The lowest BCUT2D eigenvalue weighted by molar-refractivity contribution is 0.851. The van der Waals surface area contributed by atoms with Crippen molar-refractivity contribution in [3.63, 3.8) is 0 Å². The van der Waals surface area contributed by atoms with Gasteiger partial charge in [0.2, 0.25) is 0 Å². The van der Waals surface area contributed by atoms with Crippen molar-refractivity contribution in [3.8, 4) is 0 Å². The third-order valence-corrected chi connectivity index (χ3v) is 2.83. The SMILES string of the molecule is CCCC[Si]CCCC.[N].[N]. The number of hydrogen-bond acceptors (Lipinski definition) is 0. The van der Waals surface area contributed by atoms with Crippen LogP contribution >= 0.6 is 0 Å². The number of hydrogen-bond donors (Lipinski definition) is 0. The van der Waals surface area contributed by atoms with Crippen molar-refractivity contribution in [1.82, 2.24) is 12.3 Å². The Bertz CT molecular complexity index is 45.4. The molecule has 0 aliphatic rings. The molecule has 0 amide bonds. The minimum absolute atomic E-state index is 0. The van der Waals surface area contributed by atoms with Gasteiger partial charge in [0.25, 0.3) is 0 Å². The molecular formula is C8H18N2Si. The first kappa shape index (κ1) is 17.3. The highest BCUT2D eigenvalue weighted by Gasteiger charge is 1.87. The van der Waals surface area contributed by atoms with Crippen LogP contribution in [0.25, 0.3) is 0 Å². The molecule has 11 heavy (non-hydrogen) atoms. The predicted molar refractivity (Wildman–Crippen MR) is 49.5 cm³/mol. The first-order valence-electron chi connectivity index (χ1n) is 4.12. The van der Waals surface area contributed by atoms with Gasteiger partial charge < -0.3 is 0 Å². The quantitative estimate of drug-likeness (QED) is 0.433. The van der Waals surface area contributed by atoms with Crippen LogP contribution in [0.4, 0.5) is 0 Å². The summed E-state index contributed by atoms with van der Waals surface area (Å²) in [5.74, 6) is 0. The van der Waals surface area contributed by atoms with Crippen LogP contribution in [-0.2, 0) is 0 Å². The van der Waals surface area contributed by atoms with Crippen molar-refractivity contribution in [2.45, 2.75) is 51.6 Å². The second-order valence-electron chi connectivity index (χ2n) is 2.46. The average molecular weight is 170 g/mol. The Morgan fingerprint density at radius 1 is 0.818 bits per heavy atom. The van der Waals surface area contributed by atoms with E-state index in [1.54, 1.807) is 0 Å². The average Bonchev–Trinajstić information content (AvgIpc) is 1.89. The van der Waals surface area contributed by atoms with Gasteiger partial charge in [-0.05, 0) is 0 Å². The van der Waals surface area contributed by atoms with Crippen molar-refractivity contribution in [1.29, 1.82) is 0 Å². The fourth-order valence-electron chi connectivity index (χ4n) is 0.729. The zero-order chi connectivity index (χ0) is 6.95. The number of nitrogens with zero attached hydrogens (tertiary/aromatic N) is 2. The van der Waals surface area contributed by atoms with Crippen LogP contribution in [0.15, 0.2) is 0 Å². The summed E-state index contributed by atoms with van der Waals surface area (Å²) in [5, 5.41) is 0. The Balaban J connectivity index is -0.000000320. The minimum atomic E-state index is 0. The third-order valence-electron chi connectivity index (χ3n) is 1.41. The lowest BCUT2D eigenvalue weighted by atomic mass is 10.4. The summed E-state index contributed by atoms with van der Waals surface area (Å²) in [4.78, 5) is 0. The molecule has 64 valence electrons. The molecule has 0 saturated carbocycles. The van der Waals surface area contributed by atoms with Crippen molar-refractivity contribution in [2.24, 2.45) is 0 Å². The van der Waals surface area contributed by atoms with E-state index in [4.69, 9.17) is 0 Å². The molecule has 0 atom stereocenters. The molecule has 0 fully saturated rings. The highest BCUT2D eigenvalue weighted by Crippen LogP contribution is 1.99. The fraction of sp³-hybridized carbons (Fsp3) is 1.00. The molecule has 0 bridgehead atoms. The first-order valence-corrected chi connectivity index (χ1v) is 5.54. The first-order chi connectivity index (χ1) is 4.41. The van der Waals surface area contributed by atoms with Crippen LogP contribution in [0, 0.1) is 0 Å². The fourth-order valence-corrected chi connectivity index (χ4v) is 2.19. The summed E-state index contributed by atoms with van der Waals surface area (Å²) in [5.41, 5.74) is 0. The topological polar surface area (TPSA) is 61.0 Å². The van der Waals surface area contributed by atoms with Crippen LogP contribution in [0.1, 0.15) is 39.5 Å². The van der Waals surface area contributed by atoms with E-state index in [2.05, 4.69) is 13.8 Å². The van der Waals surface area contributed by atoms with E-state index in [0.29, 0.717) is 0 Å². The van der Waals surface area contributed by atoms with E-state index in [9.17, 15) is 0 Å². The van der Waals surface area contributed by atoms with Gasteiger partial charge in [-0.2, -0.15) is 0 Å². The summed E-state index contributed by atoms with van der Waals surface area (Å²) >= 11 is 0. The Morgan fingerprint density at radius 3 is 1.45 bits per heavy atom. The van der Waals surface area contributed by atoms with E-state index < -0.39 is 0 Å². The predicted octanol–water partition coefficient (Wildman–Crippen LogP) is 2.17. The van der Waals surface area contributed by atoms with Crippen LogP contribution in [0.3, 0.4) is 0 Å². The van der Waals surface area contributed by atoms with E-state index in [1.165, 1.54) is 47.3 Å². The largest absolute Gasteiger partial charge is 0.0654 e. The molecule has 0 unspecified atom stereocenters. The Labute approximate surface area is 74.1 Å². The summed E-state index contributed by atoms with van der Waals surface area (Å²) in [6.45, 7) is 4.54. The van der Waals surface area contributed by atoms with Crippen molar-refractivity contribution < 1.29 is 0 Å². The molecule has 0 heterocycles. The van der Waals surface area contributed by atoms with Gasteiger partial charge in [-0.1, -0.05) is 51.6 Å². The highest BCUT2D eigenvalue weighted by atomic mass is 28.2. The van der Waals surface area contributed by atoms with Gasteiger partial charge in [-0.3, -0.25) is 0 Å². The van der Waals surface area contributed by atoms with Crippen LogP contribution in [-0.4, -0.2) is 9.52 Å². The second-order valence-corrected chi connectivity index (χ2v) is 3.96. The maximum atomic E-state index is 2.27. The molecule has 0 aromatic rings. The van der Waals surface area contributed by atoms with E-state index >= 15 is 0 Å². The van der Waals surface area contributed by atoms with Gasteiger partial charge in [0.1, 0.15) is 0 Å². The molecule has 3 heteroatoms. The molecule has 0 aliphatic heterocycles. The molecule has 2 nitrogen and oxygen atoms in total.